The number of alkyl halides is 1. The molecule has 7 heteroatoms. The van der Waals surface area contributed by atoms with Gasteiger partial charge >= 0.3 is 5.97 Å². The SMILES string of the molecule is CCCCCCCC[C@@H]1[C@@H](CCSc2nc(C(=O)OCC)cs2)[C@H](Cl)C[C@H]1O. The molecule has 0 amide bonds. The van der Waals surface area contributed by atoms with Crippen LogP contribution >= 0.6 is 34.7 Å². The Kier molecular flexibility index (Phi) is 11.2. The maximum atomic E-state index is 11.7. The molecule has 0 spiro atoms. The van der Waals surface area contributed by atoms with Crippen molar-refractivity contribution in [1.29, 1.82) is 0 Å². The van der Waals surface area contributed by atoms with E-state index in [-0.39, 0.29) is 17.5 Å². The Bertz CT molecular complexity index is 584. The second-order valence-corrected chi connectivity index (χ2v) is 10.3. The number of aliphatic hydroxyl groups is 1. The van der Waals surface area contributed by atoms with Crippen molar-refractivity contribution in [1.82, 2.24) is 4.98 Å². The lowest BCUT2D eigenvalue weighted by Crippen LogP contribution is -2.21. The summed E-state index contributed by atoms with van der Waals surface area (Å²) in [6.07, 6.45) is 10.2. The van der Waals surface area contributed by atoms with E-state index in [1.54, 1.807) is 24.1 Å². The first-order valence-electron chi connectivity index (χ1n) is 10.6. The molecule has 1 aliphatic rings. The van der Waals surface area contributed by atoms with Crippen LogP contribution in [0.4, 0.5) is 0 Å². The van der Waals surface area contributed by atoms with Crippen LogP contribution in [0.3, 0.4) is 0 Å². The van der Waals surface area contributed by atoms with E-state index in [2.05, 4.69) is 11.9 Å². The number of aromatic nitrogens is 1. The molecule has 0 unspecified atom stereocenters. The van der Waals surface area contributed by atoms with E-state index < -0.39 is 0 Å². The second kappa shape index (κ2) is 13.1. The summed E-state index contributed by atoms with van der Waals surface area (Å²) >= 11 is 9.71. The van der Waals surface area contributed by atoms with Gasteiger partial charge in [-0.1, -0.05) is 57.2 Å². The number of esters is 1. The summed E-state index contributed by atoms with van der Waals surface area (Å²) in [5.74, 6) is 1.23. The maximum Gasteiger partial charge on any atom is 0.357 e. The molecular formula is C21H34ClNO3S2. The number of hydrogen-bond acceptors (Lipinski definition) is 6. The van der Waals surface area contributed by atoms with E-state index >= 15 is 0 Å². The molecule has 1 aromatic heterocycles. The summed E-state index contributed by atoms with van der Waals surface area (Å²) in [5, 5.41) is 12.3. The van der Waals surface area contributed by atoms with Crippen molar-refractivity contribution in [2.24, 2.45) is 11.8 Å². The average Bonchev–Trinajstić information content (AvgIpc) is 3.24. The Hall–Kier alpha value is -0.300. The molecule has 4 atom stereocenters. The topological polar surface area (TPSA) is 59.4 Å². The smallest absolute Gasteiger partial charge is 0.357 e. The van der Waals surface area contributed by atoms with Crippen molar-refractivity contribution in [3.63, 3.8) is 0 Å². The number of ether oxygens (including phenoxy) is 1. The van der Waals surface area contributed by atoms with Crippen LogP contribution in [0.25, 0.3) is 0 Å². The number of hydrogen-bond donors (Lipinski definition) is 1. The van der Waals surface area contributed by atoms with Crippen molar-refractivity contribution >= 4 is 40.7 Å². The van der Waals surface area contributed by atoms with Crippen molar-refractivity contribution < 1.29 is 14.6 Å². The molecule has 1 heterocycles. The number of aliphatic hydroxyl groups excluding tert-OH is 1. The summed E-state index contributed by atoms with van der Waals surface area (Å²) in [7, 11) is 0. The highest BCUT2D eigenvalue weighted by atomic mass is 35.5. The van der Waals surface area contributed by atoms with Gasteiger partial charge < -0.3 is 9.84 Å². The number of carbonyl (C=O) groups is 1. The van der Waals surface area contributed by atoms with E-state index in [1.165, 1.54) is 49.9 Å². The normalized spacial score (nSPS) is 24.6. The molecule has 28 heavy (non-hydrogen) atoms. The molecule has 0 radical (unpaired) electrons. The number of unbranched alkanes of at least 4 members (excludes halogenated alkanes) is 5. The average molecular weight is 448 g/mol. The molecule has 0 bridgehead atoms. The largest absolute Gasteiger partial charge is 0.461 e. The summed E-state index contributed by atoms with van der Waals surface area (Å²) in [5.41, 5.74) is 0.391. The van der Waals surface area contributed by atoms with Gasteiger partial charge in [-0.2, -0.15) is 0 Å². The van der Waals surface area contributed by atoms with Gasteiger partial charge in [0.05, 0.1) is 12.7 Å². The van der Waals surface area contributed by atoms with Crippen LogP contribution in [-0.2, 0) is 4.74 Å². The van der Waals surface area contributed by atoms with Gasteiger partial charge in [-0.05, 0) is 38.0 Å². The molecular weight excluding hydrogens is 414 g/mol. The number of thioether (sulfide) groups is 1. The van der Waals surface area contributed by atoms with Gasteiger partial charge in [0, 0.05) is 16.5 Å². The Labute approximate surface area is 182 Å². The van der Waals surface area contributed by atoms with Gasteiger partial charge in [0.15, 0.2) is 10.0 Å². The number of thiazole rings is 1. The van der Waals surface area contributed by atoms with Crippen LogP contribution in [0, 0.1) is 11.8 Å². The molecule has 160 valence electrons. The monoisotopic (exact) mass is 447 g/mol. The van der Waals surface area contributed by atoms with E-state index in [0.29, 0.717) is 30.6 Å². The fourth-order valence-electron chi connectivity index (χ4n) is 4.00. The third kappa shape index (κ3) is 7.51. The molecule has 1 saturated carbocycles. The van der Waals surface area contributed by atoms with Crippen molar-refractivity contribution in [2.75, 3.05) is 12.4 Å². The Morgan fingerprint density at radius 2 is 2.00 bits per heavy atom. The van der Waals surface area contributed by atoms with Crippen LogP contribution in [-0.4, -0.2) is 39.9 Å². The van der Waals surface area contributed by atoms with Gasteiger partial charge in [0.25, 0.3) is 0 Å². The lowest BCUT2D eigenvalue weighted by Gasteiger charge is -2.23. The van der Waals surface area contributed by atoms with E-state index in [9.17, 15) is 9.90 Å². The second-order valence-electron chi connectivity index (χ2n) is 7.56. The molecule has 0 saturated heterocycles. The highest BCUT2D eigenvalue weighted by Gasteiger charge is 2.40. The van der Waals surface area contributed by atoms with Crippen LogP contribution in [0.15, 0.2) is 9.72 Å². The Morgan fingerprint density at radius 1 is 1.25 bits per heavy atom. The molecule has 1 N–H and O–H groups in total. The van der Waals surface area contributed by atoms with Crippen molar-refractivity contribution in [2.45, 2.75) is 87.5 Å². The molecule has 4 nitrogen and oxygen atoms in total. The minimum atomic E-state index is -0.357. The number of nitrogens with zero attached hydrogens (tertiary/aromatic N) is 1. The fourth-order valence-corrected chi connectivity index (χ4v) is 6.40. The highest BCUT2D eigenvalue weighted by Crippen LogP contribution is 2.42. The quantitative estimate of drug-likeness (QED) is 0.170. The molecule has 1 aliphatic carbocycles. The van der Waals surface area contributed by atoms with Crippen LogP contribution in [0.5, 0.6) is 0 Å². The lowest BCUT2D eigenvalue weighted by molar-refractivity contribution is 0.0520. The van der Waals surface area contributed by atoms with Gasteiger partial charge in [-0.15, -0.1) is 22.9 Å². The van der Waals surface area contributed by atoms with E-state index in [0.717, 1.165) is 22.9 Å². The molecule has 0 aromatic carbocycles. The Morgan fingerprint density at radius 3 is 2.75 bits per heavy atom. The van der Waals surface area contributed by atoms with Crippen LogP contribution in [0.2, 0.25) is 0 Å². The first-order valence-corrected chi connectivity index (χ1v) is 12.9. The molecule has 2 rings (SSSR count). The number of halogens is 1. The standard InChI is InChI=1S/C21H34ClNO3S2/c1-3-5-6-7-8-9-10-16-15(17(22)13-19(16)24)11-12-27-21-23-18(14-28-21)20(25)26-4-2/h14-17,19,24H,3-13H2,1-2H3/t15-,16-,17-,19-/m1/s1. The van der Waals surface area contributed by atoms with Gasteiger partial charge in [-0.25, -0.2) is 9.78 Å². The van der Waals surface area contributed by atoms with E-state index in [1.807, 2.05) is 0 Å². The molecule has 0 aliphatic heterocycles. The minimum absolute atomic E-state index is 0.0621. The third-order valence-electron chi connectivity index (χ3n) is 5.51. The summed E-state index contributed by atoms with van der Waals surface area (Å²) in [6, 6.07) is 0. The predicted molar refractivity (Wildman–Crippen MR) is 119 cm³/mol. The summed E-state index contributed by atoms with van der Waals surface area (Å²) in [6.45, 7) is 4.39. The minimum Gasteiger partial charge on any atom is -0.461 e. The summed E-state index contributed by atoms with van der Waals surface area (Å²) in [4.78, 5) is 16.1. The molecule has 1 aromatic rings. The lowest BCUT2D eigenvalue weighted by atomic mass is 9.87. The first-order chi connectivity index (χ1) is 13.6. The van der Waals surface area contributed by atoms with Crippen molar-refractivity contribution in [3.05, 3.63) is 11.1 Å². The maximum absolute atomic E-state index is 11.7. The first kappa shape index (κ1) is 24.0. The summed E-state index contributed by atoms with van der Waals surface area (Å²) < 4.78 is 5.88. The van der Waals surface area contributed by atoms with E-state index in [4.69, 9.17) is 16.3 Å². The third-order valence-corrected chi connectivity index (χ3v) is 8.07. The van der Waals surface area contributed by atoms with Crippen molar-refractivity contribution in [3.8, 4) is 0 Å². The van der Waals surface area contributed by atoms with Gasteiger partial charge in [0.2, 0.25) is 0 Å². The Balaban J connectivity index is 1.75. The van der Waals surface area contributed by atoms with Gasteiger partial charge in [0.1, 0.15) is 0 Å². The van der Waals surface area contributed by atoms with Gasteiger partial charge in [-0.3, -0.25) is 0 Å². The van der Waals surface area contributed by atoms with Crippen LogP contribution in [0.1, 0.15) is 82.1 Å². The fraction of sp³-hybridized carbons (Fsp3) is 0.810. The zero-order valence-electron chi connectivity index (χ0n) is 17.1. The predicted octanol–water partition coefficient (Wildman–Crippen LogP) is 6.16. The molecule has 1 fully saturated rings. The number of carbonyl (C=O) groups excluding carboxylic acids is 1. The highest BCUT2D eigenvalue weighted by molar-refractivity contribution is 8.01. The zero-order valence-corrected chi connectivity index (χ0v) is 19.5. The number of rotatable bonds is 13. The zero-order chi connectivity index (χ0) is 20.4. The van der Waals surface area contributed by atoms with Crippen LogP contribution < -0.4 is 0 Å².